The van der Waals surface area contributed by atoms with Crippen molar-refractivity contribution in [3.63, 3.8) is 0 Å². The van der Waals surface area contributed by atoms with Gasteiger partial charge in [0.05, 0.1) is 22.3 Å². The Morgan fingerprint density at radius 3 is 1.47 bits per heavy atom. The van der Waals surface area contributed by atoms with Gasteiger partial charge in [-0.15, -0.1) is 0 Å². The van der Waals surface area contributed by atoms with Gasteiger partial charge in [0.2, 0.25) is 0 Å². The average molecular weight is 464 g/mol. The van der Waals surface area contributed by atoms with Crippen LogP contribution in [0.1, 0.15) is 66.4 Å². The summed E-state index contributed by atoms with van der Waals surface area (Å²) in [4.78, 5) is 45.4. The molecule has 0 atom stereocenters. The summed E-state index contributed by atoms with van der Waals surface area (Å²) in [5.41, 5.74) is -0.666. The molecule has 3 aromatic carbocycles. The first-order chi connectivity index (χ1) is 15.9. The molecule has 3 aromatic rings. The highest BCUT2D eigenvalue weighted by molar-refractivity contribution is 6.02. The second-order valence-corrected chi connectivity index (χ2v) is 7.94. The first-order valence-electron chi connectivity index (χ1n) is 9.92. The fraction of sp³-hybridized carbons (Fsp3) is 0.120. The number of carboxylic acids is 4. The van der Waals surface area contributed by atoms with Crippen LogP contribution in [0, 0.1) is 0 Å². The van der Waals surface area contributed by atoms with Crippen molar-refractivity contribution in [3.05, 3.63) is 94.0 Å². The highest BCUT2D eigenvalue weighted by atomic mass is 16.5. The van der Waals surface area contributed by atoms with Crippen LogP contribution in [-0.4, -0.2) is 44.3 Å². The lowest BCUT2D eigenvalue weighted by molar-refractivity contribution is 0.0651. The molecular formula is C25H20O9. The van der Waals surface area contributed by atoms with Gasteiger partial charge in [-0.3, -0.25) is 0 Å². The first kappa shape index (κ1) is 24.0. The third kappa shape index (κ3) is 4.73. The minimum Gasteiger partial charge on any atom is -0.478 e. The maximum Gasteiger partial charge on any atom is 0.336 e. The Labute approximate surface area is 193 Å². The van der Waals surface area contributed by atoms with Gasteiger partial charge >= 0.3 is 23.9 Å². The third-order valence-corrected chi connectivity index (χ3v) is 5.47. The zero-order valence-electron chi connectivity index (χ0n) is 18.1. The molecule has 0 radical (unpaired) electrons. The van der Waals surface area contributed by atoms with Crippen molar-refractivity contribution in [2.75, 3.05) is 0 Å². The molecule has 9 heteroatoms. The van der Waals surface area contributed by atoms with E-state index in [1.165, 1.54) is 18.2 Å². The smallest absolute Gasteiger partial charge is 0.336 e. The molecule has 34 heavy (non-hydrogen) atoms. The molecule has 0 saturated heterocycles. The quantitative estimate of drug-likeness (QED) is 0.374. The van der Waals surface area contributed by atoms with Gasteiger partial charge in [0.15, 0.2) is 0 Å². The molecule has 4 N–H and O–H groups in total. The Hall–Kier alpha value is -4.66. The van der Waals surface area contributed by atoms with E-state index in [0.29, 0.717) is 11.3 Å². The van der Waals surface area contributed by atoms with E-state index in [2.05, 4.69) is 0 Å². The Kier molecular flexibility index (Phi) is 6.40. The van der Waals surface area contributed by atoms with Crippen LogP contribution in [0.5, 0.6) is 11.5 Å². The Balaban J connectivity index is 1.89. The summed E-state index contributed by atoms with van der Waals surface area (Å²) in [6.45, 7) is 3.71. The largest absolute Gasteiger partial charge is 0.478 e. The highest BCUT2D eigenvalue weighted by Crippen LogP contribution is 2.34. The summed E-state index contributed by atoms with van der Waals surface area (Å²) in [6, 6.07) is 14.5. The average Bonchev–Trinajstić information content (AvgIpc) is 2.78. The van der Waals surface area contributed by atoms with Gasteiger partial charge in [-0.1, -0.05) is 32.0 Å². The van der Waals surface area contributed by atoms with Gasteiger partial charge in [0.1, 0.15) is 11.5 Å². The van der Waals surface area contributed by atoms with Crippen LogP contribution < -0.4 is 4.74 Å². The molecule has 0 aliphatic rings. The molecule has 9 nitrogen and oxygen atoms in total. The van der Waals surface area contributed by atoms with E-state index in [-0.39, 0.29) is 22.4 Å². The van der Waals surface area contributed by atoms with Crippen LogP contribution in [0.3, 0.4) is 0 Å². The minimum absolute atomic E-state index is 0.143. The van der Waals surface area contributed by atoms with Gasteiger partial charge in [-0.05, 0) is 53.6 Å². The molecule has 174 valence electrons. The minimum atomic E-state index is -1.39. The SMILES string of the molecule is CC(C)(c1ccc(Oc2ccc(C(=O)O)c(C(=O)O)c2)cc1)c1ccc(C(=O)O)c(C(=O)O)c1. The molecule has 3 rings (SSSR count). The molecule has 0 spiro atoms. The highest BCUT2D eigenvalue weighted by Gasteiger charge is 2.26. The fourth-order valence-corrected chi connectivity index (χ4v) is 3.49. The van der Waals surface area contributed by atoms with E-state index in [1.54, 1.807) is 30.3 Å². The van der Waals surface area contributed by atoms with Crippen molar-refractivity contribution in [1.29, 1.82) is 0 Å². The number of ether oxygens (including phenoxy) is 1. The first-order valence-corrected chi connectivity index (χ1v) is 9.92. The van der Waals surface area contributed by atoms with Crippen molar-refractivity contribution in [2.45, 2.75) is 19.3 Å². The van der Waals surface area contributed by atoms with Crippen LogP contribution in [0.4, 0.5) is 0 Å². The van der Waals surface area contributed by atoms with Crippen LogP contribution >= 0.6 is 0 Å². The molecule has 0 bridgehead atoms. The van der Waals surface area contributed by atoms with E-state index in [1.807, 2.05) is 13.8 Å². The Morgan fingerprint density at radius 2 is 0.971 bits per heavy atom. The molecule has 0 aromatic heterocycles. The number of hydrogen-bond donors (Lipinski definition) is 4. The lowest BCUT2D eigenvalue weighted by Gasteiger charge is -2.27. The van der Waals surface area contributed by atoms with Crippen molar-refractivity contribution in [1.82, 2.24) is 0 Å². The molecule has 0 aliphatic heterocycles. The summed E-state index contributed by atoms with van der Waals surface area (Å²) >= 11 is 0. The number of aromatic carboxylic acids is 4. The van der Waals surface area contributed by atoms with Crippen LogP contribution in [0.2, 0.25) is 0 Å². The monoisotopic (exact) mass is 464 g/mol. The van der Waals surface area contributed by atoms with Crippen molar-refractivity contribution >= 4 is 23.9 Å². The second-order valence-electron chi connectivity index (χ2n) is 7.94. The third-order valence-electron chi connectivity index (χ3n) is 5.47. The molecule has 0 unspecified atom stereocenters. The lowest BCUT2D eigenvalue weighted by atomic mass is 9.77. The fourth-order valence-electron chi connectivity index (χ4n) is 3.49. The van der Waals surface area contributed by atoms with Crippen LogP contribution in [0.15, 0.2) is 60.7 Å². The summed E-state index contributed by atoms with van der Waals surface area (Å²) in [5, 5.41) is 37.0. The lowest BCUT2D eigenvalue weighted by Crippen LogP contribution is -2.20. The van der Waals surface area contributed by atoms with E-state index >= 15 is 0 Å². The number of rotatable bonds is 8. The van der Waals surface area contributed by atoms with Crippen molar-refractivity contribution in [3.8, 4) is 11.5 Å². The molecule has 0 aliphatic carbocycles. The topological polar surface area (TPSA) is 158 Å². The summed E-state index contributed by atoms with van der Waals surface area (Å²) in [5.74, 6) is -4.91. The molecule has 0 fully saturated rings. The van der Waals surface area contributed by atoms with Gasteiger partial charge in [0, 0.05) is 5.41 Å². The van der Waals surface area contributed by atoms with E-state index in [9.17, 15) is 34.5 Å². The van der Waals surface area contributed by atoms with E-state index < -0.39 is 34.9 Å². The summed E-state index contributed by atoms with van der Waals surface area (Å²) in [6.07, 6.45) is 0. The summed E-state index contributed by atoms with van der Waals surface area (Å²) in [7, 11) is 0. The molecule has 0 saturated carbocycles. The Bertz CT molecular complexity index is 1300. The summed E-state index contributed by atoms with van der Waals surface area (Å²) < 4.78 is 5.67. The number of benzene rings is 3. The number of hydrogen-bond acceptors (Lipinski definition) is 5. The predicted molar refractivity (Wildman–Crippen MR) is 119 cm³/mol. The number of carbonyl (C=O) groups is 4. The zero-order valence-corrected chi connectivity index (χ0v) is 18.1. The van der Waals surface area contributed by atoms with E-state index in [0.717, 1.165) is 17.7 Å². The molecule has 0 amide bonds. The van der Waals surface area contributed by atoms with Gasteiger partial charge in [0.25, 0.3) is 0 Å². The maximum absolute atomic E-state index is 11.5. The van der Waals surface area contributed by atoms with Gasteiger partial charge in [-0.25, -0.2) is 19.2 Å². The zero-order chi connectivity index (χ0) is 25.2. The second kappa shape index (κ2) is 9.07. The van der Waals surface area contributed by atoms with Gasteiger partial charge < -0.3 is 25.2 Å². The van der Waals surface area contributed by atoms with Crippen molar-refractivity contribution < 1.29 is 44.3 Å². The van der Waals surface area contributed by atoms with Crippen LogP contribution in [0.25, 0.3) is 0 Å². The van der Waals surface area contributed by atoms with E-state index in [4.69, 9.17) is 9.84 Å². The van der Waals surface area contributed by atoms with Gasteiger partial charge in [-0.2, -0.15) is 0 Å². The predicted octanol–water partition coefficient (Wildman–Crippen LogP) is 4.60. The molecule has 0 heterocycles. The van der Waals surface area contributed by atoms with Crippen LogP contribution in [-0.2, 0) is 5.41 Å². The normalized spacial score (nSPS) is 11.0. The molecular weight excluding hydrogens is 444 g/mol. The Morgan fingerprint density at radius 1 is 0.559 bits per heavy atom. The maximum atomic E-state index is 11.5. The standard InChI is InChI=1S/C25H20O9/c1-25(2,14-5-9-17(21(26)27)19(11-14)23(30)31)13-3-6-15(7-4-13)34-16-8-10-18(22(28)29)20(12-16)24(32)33/h3-12H,1-2H3,(H,26,27)(H,28,29)(H,30,31)(H,32,33). The number of carboxylic acid groups (broad SMARTS) is 4. The van der Waals surface area contributed by atoms with Crippen molar-refractivity contribution in [2.24, 2.45) is 0 Å².